The second-order valence-corrected chi connectivity index (χ2v) is 3.97. The summed E-state index contributed by atoms with van der Waals surface area (Å²) < 4.78 is 0. The topological polar surface area (TPSA) is 28.2 Å². The summed E-state index contributed by atoms with van der Waals surface area (Å²) in [5.74, 6) is 1.10. The Hall–Kier alpha value is -1.35. The van der Waals surface area contributed by atoms with Gasteiger partial charge in [-0.15, -0.1) is 0 Å². The van der Waals surface area contributed by atoms with Crippen LogP contribution in [0.4, 0.5) is 5.82 Å². The zero-order chi connectivity index (χ0) is 11.2. The van der Waals surface area contributed by atoms with Gasteiger partial charge >= 0.3 is 0 Å². The lowest BCUT2D eigenvalue weighted by Gasteiger charge is -2.24. The molecule has 0 unspecified atom stereocenters. The van der Waals surface area contributed by atoms with Crippen molar-refractivity contribution in [1.82, 2.24) is 10.3 Å². The van der Waals surface area contributed by atoms with Crippen molar-refractivity contribution in [3.8, 4) is 0 Å². The molecular weight excluding hydrogens is 198 g/mol. The Morgan fingerprint density at radius 2 is 2.31 bits per heavy atom. The lowest BCUT2D eigenvalue weighted by atomic mass is 10.2. The van der Waals surface area contributed by atoms with Crippen molar-refractivity contribution >= 4 is 5.82 Å². The number of aromatic nitrogens is 1. The number of pyridine rings is 1. The predicted octanol–water partition coefficient (Wildman–Crippen LogP) is 1.96. The molecule has 1 aliphatic rings. The lowest BCUT2D eigenvalue weighted by Crippen LogP contribution is -2.28. The van der Waals surface area contributed by atoms with E-state index in [0.717, 1.165) is 44.1 Å². The van der Waals surface area contributed by atoms with E-state index in [1.165, 1.54) is 0 Å². The van der Waals surface area contributed by atoms with Gasteiger partial charge in [-0.05, 0) is 25.1 Å². The van der Waals surface area contributed by atoms with Gasteiger partial charge in [-0.1, -0.05) is 25.1 Å². The van der Waals surface area contributed by atoms with Crippen molar-refractivity contribution in [2.24, 2.45) is 0 Å². The van der Waals surface area contributed by atoms with Crippen molar-refractivity contribution in [2.45, 2.75) is 19.9 Å². The summed E-state index contributed by atoms with van der Waals surface area (Å²) in [5.41, 5.74) is 1.12. The van der Waals surface area contributed by atoms with Crippen LogP contribution < -0.4 is 10.2 Å². The molecule has 0 radical (unpaired) electrons. The van der Waals surface area contributed by atoms with E-state index in [2.05, 4.69) is 52.5 Å². The fraction of sp³-hybridized carbons (Fsp3) is 0.462. The van der Waals surface area contributed by atoms with Gasteiger partial charge in [0.05, 0.1) is 5.69 Å². The maximum atomic E-state index is 4.66. The number of hydrogen-bond acceptors (Lipinski definition) is 3. The van der Waals surface area contributed by atoms with Gasteiger partial charge in [-0.2, -0.15) is 0 Å². The molecule has 1 aromatic heterocycles. The fourth-order valence-corrected chi connectivity index (χ4v) is 1.84. The Morgan fingerprint density at radius 1 is 1.38 bits per heavy atom. The van der Waals surface area contributed by atoms with Crippen LogP contribution in [0.25, 0.3) is 0 Å². The van der Waals surface area contributed by atoms with Crippen LogP contribution in [0.15, 0.2) is 30.4 Å². The third-order valence-electron chi connectivity index (χ3n) is 2.73. The average molecular weight is 217 g/mol. The largest absolute Gasteiger partial charge is 0.353 e. The van der Waals surface area contributed by atoms with Gasteiger partial charge in [0.2, 0.25) is 0 Å². The third kappa shape index (κ3) is 2.83. The number of anilines is 1. The van der Waals surface area contributed by atoms with Crippen LogP contribution in [-0.4, -0.2) is 24.6 Å². The normalized spacial score (nSPS) is 15.4. The zero-order valence-electron chi connectivity index (χ0n) is 9.82. The summed E-state index contributed by atoms with van der Waals surface area (Å²) >= 11 is 0. The predicted molar refractivity (Wildman–Crippen MR) is 67.6 cm³/mol. The summed E-state index contributed by atoms with van der Waals surface area (Å²) in [5, 5.41) is 3.30. The molecule has 0 spiro atoms. The van der Waals surface area contributed by atoms with Crippen LogP contribution in [0.2, 0.25) is 0 Å². The number of nitrogens with zero attached hydrogens (tertiary/aromatic N) is 2. The molecule has 86 valence electrons. The van der Waals surface area contributed by atoms with E-state index in [1.54, 1.807) is 0 Å². The second-order valence-electron chi connectivity index (χ2n) is 3.97. The van der Waals surface area contributed by atoms with Gasteiger partial charge < -0.3 is 10.2 Å². The Kier molecular flexibility index (Phi) is 3.94. The van der Waals surface area contributed by atoms with Crippen molar-refractivity contribution in [2.75, 3.05) is 24.5 Å². The summed E-state index contributed by atoms with van der Waals surface area (Å²) in [6.45, 7) is 6.01. The first kappa shape index (κ1) is 11.1. The summed E-state index contributed by atoms with van der Waals surface area (Å²) in [6, 6.07) is 6.26. The molecule has 3 nitrogen and oxygen atoms in total. The Morgan fingerprint density at radius 3 is 3.06 bits per heavy atom. The van der Waals surface area contributed by atoms with Gasteiger partial charge in [-0.25, -0.2) is 4.98 Å². The third-order valence-corrected chi connectivity index (χ3v) is 2.73. The maximum Gasteiger partial charge on any atom is 0.129 e. The minimum absolute atomic E-state index is 0.855. The molecule has 0 amide bonds. The monoisotopic (exact) mass is 217 g/mol. The Bertz CT molecular complexity index is 360. The minimum atomic E-state index is 0.855. The van der Waals surface area contributed by atoms with E-state index in [1.807, 2.05) is 0 Å². The lowest BCUT2D eigenvalue weighted by molar-refractivity contribution is 0.706. The van der Waals surface area contributed by atoms with E-state index in [0.29, 0.717) is 0 Å². The zero-order valence-corrected chi connectivity index (χ0v) is 9.82. The molecule has 1 aromatic rings. The van der Waals surface area contributed by atoms with Gasteiger partial charge in [0.1, 0.15) is 5.82 Å². The van der Waals surface area contributed by atoms with Crippen molar-refractivity contribution < 1.29 is 0 Å². The first-order chi connectivity index (χ1) is 7.90. The fourth-order valence-electron chi connectivity index (χ4n) is 1.84. The van der Waals surface area contributed by atoms with E-state index in [9.17, 15) is 0 Å². The minimum Gasteiger partial charge on any atom is -0.353 e. The average Bonchev–Trinajstić information content (AvgIpc) is 2.38. The molecule has 16 heavy (non-hydrogen) atoms. The molecule has 0 saturated carbocycles. The first-order valence-electron chi connectivity index (χ1n) is 5.96. The number of rotatable bonds is 4. The molecule has 0 aromatic carbocycles. The molecule has 0 saturated heterocycles. The van der Waals surface area contributed by atoms with Crippen molar-refractivity contribution in [3.05, 3.63) is 36.0 Å². The molecule has 0 fully saturated rings. The summed E-state index contributed by atoms with van der Waals surface area (Å²) in [6.07, 6.45) is 5.57. The van der Waals surface area contributed by atoms with Crippen LogP contribution >= 0.6 is 0 Å². The highest BCUT2D eigenvalue weighted by molar-refractivity contribution is 5.41. The second kappa shape index (κ2) is 5.66. The van der Waals surface area contributed by atoms with E-state index in [-0.39, 0.29) is 0 Å². The highest BCUT2D eigenvalue weighted by Crippen LogP contribution is 2.14. The standard InChI is InChI=1S/C13H19N3/c1-2-14-11-12-7-6-8-13(15-12)16-9-4-3-5-10-16/h3-4,6-8,14H,2,5,9-11H2,1H3. The van der Waals surface area contributed by atoms with Crippen LogP contribution in [0, 0.1) is 0 Å². The molecule has 0 bridgehead atoms. The maximum absolute atomic E-state index is 4.66. The number of hydrogen-bond donors (Lipinski definition) is 1. The SMILES string of the molecule is CCNCc1cccc(N2CC=CCC2)n1. The van der Waals surface area contributed by atoms with E-state index in [4.69, 9.17) is 0 Å². The van der Waals surface area contributed by atoms with Crippen LogP contribution in [-0.2, 0) is 6.54 Å². The van der Waals surface area contributed by atoms with Gasteiger partial charge in [-0.3, -0.25) is 0 Å². The summed E-state index contributed by atoms with van der Waals surface area (Å²) in [4.78, 5) is 6.98. The number of nitrogens with one attached hydrogen (secondary N) is 1. The molecule has 1 N–H and O–H groups in total. The van der Waals surface area contributed by atoms with E-state index < -0.39 is 0 Å². The van der Waals surface area contributed by atoms with E-state index >= 15 is 0 Å². The molecule has 1 aliphatic heterocycles. The smallest absolute Gasteiger partial charge is 0.129 e. The van der Waals surface area contributed by atoms with Crippen molar-refractivity contribution in [1.29, 1.82) is 0 Å². The van der Waals surface area contributed by atoms with Gasteiger partial charge in [0, 0.05) is 19.6 Å². The quantitative estimate of drug-likeness (QED) is 0.781. The molecule has 2 heterocycles. The van der Waals surface area contributed by atoms with Gasteiger partial charge in [0.15, 0.2) is 0 Å². The first-order valence-corrected chi connectivity index (χ1v) is 5.96. The van der Waals surface area contributed by atoms with Crippen LogP contribution in [0.1, 0.15) is 19.0 Å². The van der Waals surface area contributed by atoms with Crippen molar-refractivity contribution in [3.63, 3.8) is 0 Å². The summed E-state index contributed by atoms with van der Waals surface area (Å²) in [7, 11) is 0. The highest BCUT2D eigenvalue weighted by atomic mass is 15.2. The molecular formula is C13H19N3. The Labute approximate surface area is 97.2 Å². The highest BCUT2D eigenvalue weighted by Gasteiger charge is 2.08. The van der Waals surface area contributed by atoms with Gasteiger partial charge in [0.25, 0.3) is 0 Å². The molecule has 3 heteroatoms. The Balaban J connectivity index is 2.05. The van der Waals surface area contributed by atoms with Crippen LogP contribution in [0.5, 0.6) is 0 Å². The molecule has 0 aliphatic carbocycles. The molecule has 2 rings (SSSR count). The molecule has 0 atom stereocenters. The van der Waals surface area contributed by atoms with Crippen LogP contribution in [0.3, 0.4) is 0 Å².